The van der Waals surface area contributed by atoms with E-state index in [1.807, 2.05) is 12.1 Å². The average Bonchev–Trinajstić information content (AvgIpc) is 3.24. The molecule has 5 heteroatoms. The maximum atomic E-state index is 13.1. The van der Waals surface area contributed by atoms with Crippen molar-refractivity contribution >= 4 is 11.8 Å². The molecule has 0 saturated carbocycles. The van der Waals surface area contributed by atoms with Crippen LogP contribution in [-0.2, 0) is 11.2 Å². The van der Waals surface area contributed by atoms with Crippen molar-refractivity contribution < 1.29 is 9.59 Å². The number of benzene rings is 2. The lowest BCUT2D eigenvalue weighted by Gasteiger charge is -2.28. The van der Waals surface area contributed by atoms with Crippen LogP contribution in [-0.4, -0.2) is 41.8 Å². The van der Waals surface area contributed by atoms with Gasteiger partial charge >= 0.3 is 0 Å². The van der Waals surface area contributed by atoms with Crippen molar-refractivity contribution in [3.8, 4) is 11.1 Å². The molecule has 1 fully saturated rings. The molecule has 1 aliphatic heterocycles. The molecule has 1 N–H and O–H groups in total. The molecule has 2 aromatic carbocycles. The molecule has 0 bridgehead atoms. The van der Waals surface area contributed by atoms with E-state index in [2.05, 4.69) is 53.6 Å². The predicted molar refractivity (Wildman–Crippen MR) is 122 cm³/mol. The van der Waals surface area contributed by atoms with E-state index in [0.717, 1.165) is 16.7 Å². The van der Waals surface area contributed by atoms with E-state index in [9.17, 15) is 9.59 Å². The molecule has 1 atom stereocenters. The molecule has 158 valence electrons. The van der Waals surface area contributed by atoms with Crippen LogP contribution in [0.3, 0.4) is 0 Å². The number of nitrogens with zero attached hydrogens (tertiary/aromatic N) is 2. The van der Waals surface area contributed by atoms with E-state index in [1.165, 1.54) is 5.56 Å². The Kier molecular flexibility index (Phi) is 5.85. The highest BCUT2D eigenvalue weighted by molar-refractivity contribution is 5.94. The maximum absolute atomic E-state index is 13.1. The van der Waals surface area contributed by atoms with Gasteiger partial charge in [-0.1, -0.05) is 60.2 Å². The highest BCUT2D eigenvalue weighted by atomic mass is 16.2. The minimum Gasteiger partial charge on any atom is -0.359 e. The summed E-state index contributed by atoms with van der Waals surface area (Å²) in [5, 5.41) is 2.84. The Balaban J connectivity index is 1.65. The van der Waals surface area contributed by atoms with Gasteiger partial charge in [0.1, 0.15) is 5.69 Å². The molecule has 2 heterocycles. The molecule has 4 rings (SSSR count). The van der Waals surface area contributed by atoms with E-state index in [4.69, 9.17) is 0 Å². The number of nitrogens with one attached hydrogen (secondary N) is 1. The Bertz CT molecular complexity index is 1100. The van der Waals surface area contributed by atoms with Crippen molar-refractivity contribution in [2.75, 3.05) is 20.1 Å². The highest BCUT2D eigenvalue weighted by Gasteiger charge is 2.46. The molecular weight excluding hydrogens is 386 g/mol. The summed E-state index contributed by atoms with van der Waals surface area (Å²) in [4.78, 5) is 32.0. The first kappa shape index (κ1) is 20.8. The van der Waals surface area contributed by atoms with E-state index in [0.29, 0.717) is 31.6 Å². The van der Waals surface area contributed by atoms with Crippen LogP contribution in [0.15, 0.2) is 72.9 Å². The number of likely N-dealkylation sites (tertiary alicyclic amines) is 1. The van der Waals surface area contributed by atoms with E-state index < -0.39 is 5.41 Å². The minimum atomic E-state index is -0.668. The normalized spacial score (nSPS) is 18.1. The molecule has 1 aliphatic rings. The second kappa shape index (κ2) is 8.72. The number of carbonyl (C=O) groups excluding carboxylic acids is 2. The van der Waals surface area contributed by atoms with Gasteiger partial charge in [-0.15, -0.1) is 0 Å². The molecule has 1 aromatic heterocycles. The van der Waals surface area contributed by atoms with Gasteiger partial charge in [-0.05, 0) is 48.6 Å². The van der Waals surface area contributed by atoms with E-state index in [-0.39, 0.29) is 11.8 Å². The van der Waals surface area contributed by atoms with Gasteiger partial charge in [0, 0.05) is 26.3 Å². The van der Waals surface area contributed by atoms with Crippen molar-refractivity contribution in [3.63, 3.8) is 0 Å². The van der Waals surface area contributed by atoms with Crippen LogP contribution in [0.1, 0.15) is 28.0 Å². The Labute approximate surface area is 183 Å². The monoisotopic (exact) mass is 413 g/mol. The van der Waals surface area contributed by atoms with Crippen LogP contribution < -0.4 is 5.32 Å². The molecule has 2 amide bonds. The summed E-state index contributed by atoms with van der Waals surface area (Å²) < 4.78 is 0. The standard InChI is InChI=1S/C26H27N3O2/c1-19-8-7-10-20(16-19)22-11-4-3-9-21(22)17-26(25(31)27-2)13-15-29(18-26)24(30)23-12-5-6-14-28-23/h3-12,14,16H,13,15,17-18H2,1-2H3,(H,27,31). The van der Waals surface area contributed by atoms with Crippen molar-refractivity contribution in [2.24, 2.45) is 5.41 Å². The third-order valence-electron chi connectivity index (χ3n) is 6.11. The molecular formula is C26H27N3O2. The third kappa shape index (κ3) is 4.22. The van der Waals surface area contributed by atoms with Crippen LogP contribution in [0.25, 0.3) is 11.1 Å². The number of aromatic nitrogens is 1. The molecule has 0 radical (unpaired) electrons. The van der Waals surface area contributed by atoms with E-state index in [1.54, 1.807) is 36.3 Å². The fourth-order valence-electron chi connectivity index (χ4n) is 4.51. The SMILES string of the molecule is CNC(=O)C1(Cc2ccccc2-c2cccc(C)c2)CCN(C(=O)c2ccccn2)C1. The van der Waals surface area contributed by atoms with Gasteiger partial charge in [0.25, 0.3) is 5.91 Å². The minimum absolute atomic E-state index is 0.0251. The number of pyridine rings is 1. The lowest BCUT2D eigenvalue weighted by molar-refractivity contribution is -0.129. The smallest absolute Gasteiger partial charge is 0.272 e. The fourth-order valence-corrected chi connectivity index (χ4v) is 4.51. The van der Waals surface area contributed by atoms with Crippen LogP contribution >= 0.6 is 0 Å². The van der Waals surface area contributed by atoms with Gasteiger partial charge in [-0.25, -0.2) is 0 Å². The van der Waals surface area contributed by atoms with Crippen LogP contribution in [0, 0.1) is 12.3 Å². The molecule has 0 aliphatic carbocycles. The zero-order valence-corrected chi connectivity index (χ0v) is 18.0. The van der Waals surface area contributed by atoms with Crippen molar-refractivity contribution in [1.82, 2.24) is 15.2 Å². The summed E-state index contributed by atoms with van der Waals surface area (Å²) in [7, 11) is 1.67. The third-order valence-corrected chi connectivity index (χ3v) is 6.11. The fraction of sp³-hybridized carbons (Fsp3) is 0.269. The Morgan fingerprint density at radius 1 is 1.06 bits per heavy atom. The number of hydrogen-bond acceptors (Lipinski definition) is 3. The van der Waals surface area contributed by atoms with Gasteiger partial charge in [-0.3, -0.25) is 14.6 Å². The summed E-state index contributed by atoms with van der Waals surface area (Å²) in [5.41, 5.74) is 4.32. The molecule has 3 aromatic rings. The second-order valence-electron chi connectivity index (χ2n) is 8.25. The first-order valence-electron chi connectivity index (χ1n) is 10.6. The summed E-state index contributed by atoms with van der Waals surface area (Å²) >= 11 is 0. The largest absolute Gasteiger partial charge is 0.359 e. The van der Waals surface area contributed by atoms with Gasteiger partial charge in [0.2, 0.25) is 5.91 Å². The van der Waals surface area contributed by atoms with Gasteiger partial charge in [0.05, 0.1) is 5.41 Å². The lowest BCUT2D eigenvalue weighted by Crippen LogP contribution is -2.44. The Morgan fingerprint density at radius 2 is 1.87 bits per heavy atom. The Hall–Kier alpha value is -3.47. The molecule has 0 spiro atoms. The maximum Gasteiger partial charge on any atom is 0.272 e. The van der Waals surface area contributed by atoms with Crippen molar-refractivity contribution in [1.29, 1.82) is 0 Å². The first-order chi connectivity index (χ1) is 15.0. The average molecular weight is 414 g/mol. The number of rotatable bonds is 5. The molecule has 1 unspecified atom stereocenters. The molecule has 31 heavy (non-hydrogen) atoms. The van der Waals surface area contributed by atoms with Crippen molar-refractivity contribution in [2.45, 2.75) is 19.8 Å². The second-order valence-corrected chi connectivity index (χ2v) is 8.25. The van der Waals surface area contributed by atoms with Crippen molar-refractivity contribution in [3.05, 3.63) is 89.7 Å². The van der Waals surface area contributed by atoms with Gasteiger partial charge in [0.15, 0.2) is 0 Å². The Morgan fingerprint density at radius 3 is 2.61 bits per heavy atom. The predicted octanol–water partition coefficient (Wildman–Crippen LogP) is 3.88. The quantitative estimate of drug-likeness (QED) is 0.691. The van der Waals surface area contributed by atoms with Crippen LogP contribution in [0.5, 0.6) is 0 Å². The number of hydrogen-bond donors (Lipinski definition) is 1. The highest BCUT2D eigenvalue weighted by Crippen LogP contribution is 2.38. The molecule has 1 saturated heterocycles. The molecule has 5 nitrogen and oxygen atoms in total. The van der Waals surface area contributed by atoms with Gasteiger partial charge in [-0.2, -0.15) is 0 Å². The number of amides is 2. The van der Waals surface area contributed by atoms with Crippen LogP contribution in [0.2, 0.25) is 0 Å². The number of carbonyl (C=O) groups is 2. The number of aryl methyl sites for hydroxylation is 1. The van der Waals surface area contributed by atoms with E-state index >= 15 is 0 Å². The topological polar surface area (TPSA) is 62.3 Å². The summed E-state index contributed by atoms with van der Waals surface area (Å²) in [5.74, 6) is -0.152. The van der Waals surface area contributed by atoms with Crippen LogP contribution in [0.4, 0.5) is 0 Å². The summed E-state index contributed by atoms with van der Waals surface area (Å²) in [6.07, 6.45) is 2.81. The zero-order valence-electron chi connectivity index (χ0n) is 18.0. The zero-order chi connectivity index (χ0) is 21.8. The first-order valence-corrected chi connectivity index (χ1v) is 10.6. The summed E-state index contributed by atoms with van der Waals surface area (Å²) in [6, 6.07) is 21.9. The lowest BCUT2D eigenvalue weighted by atomic mass is 9.78. The van der Waals surface area contributed by atoms with Gasteiger partial charge < -0.3 is 10.2 Å². The summed E-state index contributed by atoms with van der Waals surface area (Å²) in [6.45, 7) is 3.00.